The van der Waals surface area contributed by atoms with Crippen molar-refractivity contribution in [1.82, 2.24) is 9.88 Å². The van der Waals surface area contributed by atoms with Gasteiger partial charge in [0.05, 0.1) is 31.5 Å². The zero-order chi connectivity index (χ0) is 15.2. The second-order valence-corrected chi connectivity index (χ2v) is 5.11. The van der Waals surface area contributed by atoms with Gasteiger partial charge < -0.3 is 14.4 Å². The van der Waals surface area contributed by atoms with E-state index in [1.165, 1.54) is 17.6 Å². The van der Waals surface area contributed by atoms with Crippen molar-refractivity contribution in [3.05, 3.63) is 29.5 Å². The van der Waals surface area contributed by atoms with Crippen molar-refractivity contribution < 1.29 is 23.1 Å². The lowest BCUT2D eigenvalue weighted by Crippen LogP contribution is -2.38. The van der Waals surface area contributed by atoms with Crippen LogP contribution in [0.25, 0.3) is 10.8 Å². The third-order valence-electron chi connectivity index (χ3n) is 2.70. The fourth-order valence-electron chi connectivity index (χ4n) is 1.77. The van der Waals surface area contributed by atoms with Crippen molar-refractivity contribution in [3.63, 3.8) is 0 Å². The van der Waals surface area contributed by atoms with Crippen LogP contribution in [0.5, 0.6) is 0 Å². The molecule has 0 saturated carbocycles. The van der Waals surface area contributed by atoms with Crippen molar-refractivity contribution in [2.75, 3.05) is 19.7 Å². The molecular weight excluding hydrogens is 302 g/mol. The average Bonchev–Trinajstić information content (AvgIpc) is 3.07. The van der Waals surface area contributed by atoms with Crippen LogP contribution in [0.4, 0.5) is 8.78 Å². The molecule has 0 radical (unpaired) electrons. The number of aliphatic hydroxyl groups is 1. The zero-order valence-corrected chi connectivity index (χ0v) is 11.9. The van der Waals surface area contributed by atoms with E-state index in [9.17, 15) is 13.6 Å². The molecule has 0 aliphatic heterocycles. The van der Waals surface area contributed by atoms with Gasteiger partial charge in [0.1, 0.15) is 0 Å². The summed E-state index contributed by atoms with van der Waals surface area (Å²) in [6.07, 6.45) is -1.19. The second-order valence-electron chi connectivity index (χ2n) is 4.25. The van der Waals surface area contributed by atoms with Gasteiger partial charge in [-0.3, -0.25) is 4.79 Å². The predicted molar refractivity (Wildman–Crippen MR) is 73.2 cm³/mol. The number of aliphatic hydroxyl groups excluding tert-OH is 1. The quantitative estimate of drug-likeness (QED) is 0.849. The maximum absolute atomic E-state index is 12.4. The first-order valence-corrected chi connectivity index (χ1v) is 7.13. The van der Waals surface area contributed by atoms with Gasteiger partial charge in [0, 0.05) is 11.9 Å². The molecule has 0 aromatic carbocycles. The molecule has 0 unspecified atom stereocenters. The van der Waals surface area contributed by atoms with Crippen LogP contribution in [0.15, 0.2) is 28.2 Å². The van der Waals surface area contributed by atoms with Gasteiger partial charge in [0.15, 0.2) is 10.8 Å². The number of thiazole rings is 1. The Bertz CT molecular complexity index is 572. The molecule has 2 aromatic rings. The first-order chi connectivity index (χ1) is 10.1. The third-order valence-corrected chi connectivity index (χ3v) is 3.60. The van der Waals surface area contributed by atoms with Crippen molar-refractivity contribution in [3.8, 4) is 10.8 Å². The molecule has 0 aliphatic rings. The van der Waals surface area contributed by atoms with Gasteiger partial charge in [-0.15, -0.1) is 11.3 Å². The molecular formula is C13H14F2N2O3S. The fourth-order valence-corrected chi connectivity index (χ4v) is 2.56. The number of carbonyl (C=O) groups is 1. The number of halogens is 2. The van der Waals surface area contributed by atoms with Gasteiger partial charge in [-0.2, -0.15) is 0 Å². The van der Waals surface area contributed by atoms with Gasteiger partial charge in [-0.05, 0) is 12.1 Å². The topological polar surface area (TPSA) is 66.6 Å². The Morgan fingerprint density at radius 1 is 1.52 bits per heavy atom. The van der Waals surface area contributed by atoms with E-state index in [2.05, 4.69) is 4.98 Å². The number of hydrogen-bond acceptors (Lipinski definition) is 5. The van der Waals surface area contributed by atoms with Crippen LogP contribution in [0.1, 0.15) is 5.69 Å². The highest BCUT2D eigenvalue weighted by Crippen LogP contribution is 2.24. The first-order valence-electron chi connectivity index (χ1n) is 6.25. The van der Waals surface area contributed by atoms with E-state index in [-0.39, 0.29) is 19.6 Å². The van der Waals surface area contributed by atoms with Gasteiger partial charge in [0.2, 0.25) is 5.91 Å². The minimum Gasteiger partial charge on any atom is -0.462 e. The molecule has 114 valence electrons. The second kappa shape index (κ2) is 7.28. The van der Waals surface area contributed by atoms with Crippen LogP contribution < -0.4 is 0 Å². The summed E-state index contributed by atoms with van der Waals surface area (Å²) in [5.41, 5.74) is 0.494. The lowest BCUT2D eigenvalue weighted by atomic mass is 10.3. The van der Waals surface area contributed by atoms with Gasteiger partial charge in [0.25, 0.3) is 6.43 Å². The van der Waals surface area contributed by atoms with E-state index in [0.29, 0.717) is 16.5 Å². The fraction of sp³-hybridized carbons (Fsp3) is 0.385. The number of aromatic nitrogens is 1. The summed E-state index contributed by atoms with van der Waals surface area (Å²) in [5.74, 6) is 0.110. The van der Waals surface area contributed by atoms with E-state index in [0.717, 1.165) is 4.90 Å². The van der Waals surface area contributed by atoms with Crippen LogP contribution in [-0.2, 0) is 11.2 Å². The van der Waals surface area contributed by atoms with Gasteiger partial charge >= 0.3 is 0 Å². The number of furan rings is 1. The summed E-state index contributed by atoms with van der Waals surface area (Å²) >= 11 is 1.32. The summed E-state index contributed by atoms with van der Waals surface area (Å²) in [6, 6.07) is 3.48. The summed E-state index contributed by atoms with van der Waals surface area (Å²) in [4.78, 5) is 17.1. The molecule has 2 aromatic heterocycles. The van der Waals surface area contributed by atoms with Crippen molar-refractivity contribution in [2.24, 2.45) is 0 Å². The summed E-state index contributed by atoms with van der Waals surface area (Å²) in [5, 5.41) is 11.1. The Morgan fingerprint density at radius 2 is 2.33 bits per heavy atom. The lowest BCUT2D eigenvalue weighted by molar-refractivity contribution is -0.133. The minimum absolute atomic E-state index is 0.0794. The van der Waals surface area contributed by atoms with E-state index >= 15 is 0 Å². The Balaban J connectivity index is 2.01. The Kier molecular flexibility index (Phi) is 5.40. The van der Waals surface area contributed by atoms with Crippen molar-refractivity contribution in [2.45, 2.75) is 12.8 Å². The predicted octanol–water partition coefficient (Wildman–Crippen LogP) is 2.03. The van der Waals surface area contributed by atoms with Crippen LogP contribution >= 0.6 is 11.3 Å². The number of nitrogens with zero attached hydrogens (tertiary/aromatic N) is 2. The first kappa shape index (κ1) is 15.6. The molecule has 0 spiro atoms. The number of alkyl halides is 2. The largest absolute Gasteiger partial charge is 0.462 e. The summed E-state index contributed by atoms with van der Waals surface area (Å²) in [6.45, 7) is -1.15. The summed E-state index contributed by atoms with van der Waals surface area (Å²) in [7, 11) is 0. The molecule has 5 nitrogen and oxygen atoms in total. The normalized spacial score (nSPS) is 11.0. The highest BCUT2D eigenvalue weighted by molar-refractivity contribution is 7.13. The highest BCUT2D eigenvalue weighted by Gasteiger charge is 2.19. The number of rotatable bonds is 7. The number of carbonyl (C=O) groups excluding carboxylic acids is 1. The maximum Gasteiger partial charge on any atom is 0.255 e. The zero-order valence-electron chi connectivity index (χ0n) is 11.0. The molecule has 0 bridgehead atoms. The van der Waals surface area contributed by atoms with E-state index in [1.54, 1.807) is 17.5 Å². The molecule has 2 heterocycles. The molecule has 0 atom stereocenters. The van der Waals surface area contributed by atoms with Gasteiger partial charge in [-0.25, -0.2) is 13.8 Å². The SMILES string of the molecule is O=C(Cc1csc(-c2ccco2)n1)N(CCO)CC(F)F. The van der Waals surface area contributed by atoms with Crippen LogP contribution in [-0.4, -0.2) is 47.0 Å². The van der Waals surface area contributed by atoms with E-state index in [1.807, 2.05) is 0 Å². The standard InChI is InChI=1S/C13H14F2N2O3S/c14-11(15)7-17(3-4-18)12(19)6-9-8-21-13(16-9)10-2-1-5-20-10/h1-2,5,8,11,18H,3-4,6-7H2. The van der Waals surface area contributed by atoms with Crippen molar-refractivity contribution >= 4 is 17.2 Å². The van der Waals surface area contributed by atoms with Crippen LogP contribution in [0.2, 0.25) is 0 Å². The monoisotopic (exact) mass is 316 g/mol. The van der Waals surface area contributed by atoms with Crippen LogP contribution in [0.3, 0.4) is 0 Å². The molecule has 8 heteroatoms. The molecule has 1 amide bonds. The Morgan fingerprint density at radius 3 is 2.95 bits per heavy atom. The lowest BCUT2D eigenvalue weighted by Gasteiger charge is -2.20. The molecule has 0 saturated heterocycles. The molecule has 1 N–H and O–H groups in total. The van der Waals surface area contributed by atoms with Crippen molar-refractivity contribution in [1.29, 1.82) is 0 Å². The molecule has 0 aliphatic carbocycles. The average molecular weight is 316 g/mol. The number of hydrogen-bond donors (Lipinski definition) is 1. The highest BCUT2D eigenvalue weighted by atomic mass is 32.1. The smallest absolute Gasteiger partial charge is 0.255 e. The minimum atomic E-state index is -2.63. The Hall–Kier alpha value is -1.80. The van der Waals surface area contributed by atoms with E-state index < -0.39 is 18.9 Å². The Labute approximate surface area is 123 Å². The molecule has 2 rings (SSSR count). The molecule has 21 heavy (non-hydrogen) atoms. The number of amides is 1. The summed E-state index contributed by atoms with van der Waals surface area (Å²) < 4.78 is 30.0. The maximum atomic E-state index is 12.4. The van der Waals surface area contributed by atoms with Gasteiger partial charge in [-0.1, -0.05) is 0 Å². The van der Waals surface area contributed by atoms with E-state index in [4.69, 9.17) is 9.52 Å². The van der Waals surface area contributed by atoms with Crippen LogP contribution in [0, 0.1) is 0 Å². The third kappa shape index (κ3) is 4.33. The molecule has 0 fully saturated rings.